The Labute approximate surface area is 322 Å². The minimum absolute atomic E-state index is 0.00176. The van der Waals surface area contributed by atoms with Gasteiger partial charge >= 0.3 is 0 Å². The molecule has 6 N–H and O–H groups in total. The summed E-state index contributed by atoms with van der Waals surface area (Å²) in [5.74, 6) is 11.7. The van der Waals surface area contributed by atoms with Crippen molar-refractivity contribution in [3.8, 4) is 34.8 Å². The van der Waals surface area contributed by atoms with Crippen LogP contribution in [-0.4, -0.2) is 78.6 Å². The molecule has 0 spiro atoms. The first-order valence-corrected chi connectivity index (χ1v) is 21.7. The molecule has 2 aliphatic heterocycles. The number of benzene rings is 2. The van der Waals surface area contributed by atoms with E-state index in [-0.39, 0.29) is 42.3 Å². The van der Waals surface area contributed by atoms with Gasteiger partial charge in [-0.3, -0.25) is 15.1 Å². The Morgan fingerprint density at radius 2 is 1.87 bits per heavy atom. The summed E-state index contributed by atoms with van der Waals surface area (Å²) in [5, 5.41) is 28.7. The minimum atomic E-state index is -0.769. The fourth-order valence-corrected chi connectivity index (χ4v) is 10.7. The average molecular weight is 765 g/mol. The van der Waals surface area contributed by atoms with Crippen molar-refractivity contribution in [2.75, 3.05) is 38.5 Å². The van der Waals surface area contributed by atoms with Gasteiger partial charge in [0.25, 0.3) is 0 Å². The summed E-state index contributed by atoms with van der Waals surface area (Å²) >= 11 is 0. The van der Waals surface area contributed by atoms with Gasteiger partial charge in [-0.15, -0.1) is 0 Å². The third-order valence-corrected chi connectivity index (χ3v) is 13.6. The van der Waals surface area contributed by atoms with Gasteiger partial charge in [0.05, 0.1) is 25.4 Å². The number of phenols is 1. The van der Waals surface area contributed by atoms with Crippen LogP contribution in [0.4, 0.5) is 0 Å². The summed E-state index contributed by atoms with van der Waals surface area (Å²) in [7, 11) is 5.30. The molecule has 4 aliphatic rings. The van der Waals surface area contributed by atoms with Gasteiger partial charge in [0, 0.05) is 66.4 Å². The third-order valence-electron chi connectivity index (χ3n) is 11.1. The van der Waals surface area contributed by atoms with Crippen LogP contribution in [0.3, 0.4) is 0 Å². The van der Waals surface area contributed by atoms with Gasteiger partial charge in [-0.05, 0) is 67.6 Å². The predicted octanol–water partition coefficient (Wildman–Crippen LogP) is 5.55. The van der Waals surface area contributed by atoms with Crippen molar-refractivity contribution in [3.63, 3.8) is 0 Å². The number of Topliss-reactive ketones (excluding diaryl/α,β-unsaturated/α-hetero) is 1. The number of phenolic OH excluding ortho intramolecular Hbond substituents is 1. The van der Waals surface area contributed by atoms with E-state index in [2.05, 4.69) is 42.4 Å². The van der Waals surface area contributed by atoms with E-state index in [0.29, 0.717) is 80.5 Å². The number of nitrogens with one attached hydrogen (secondary N) is 2. The Morgan fingerprint density at radius 3 is 2.66 bits per heavy atom. The third kappa shape index (κ3) is 10.3. The molecule has 2 aromatic carbocycles. The quantitative estimate of drug-likeness (QED) is 0.137. The van der Waals surface area contributed by atoms with Gasteiger partial charge in [-0.2, -0.15) is 0 Å². The van der Waals surface area contributed by atoms with Crippen LogP contribution < -0.4 is 30.6 Å². The first-order valence-electron chi connectivity index (χ1n) is 19.2. The lowest BCUT2D eigenvalue weighted by Crippen LogP contribution is -2.45. The molecular formula is C41H56N4O6S2. The number of nitrogens with zero attached hydrogens (tertiary/aromatic N) is 1. The van der Waals surface area contributed by atoms with Gasteiger partial charge in [0.2, 0.25) is 0 Å². The molecule has 1 fully saturated rings. The number of fused-ring (bicyclic) bond motifs is 5. The largest absolute Gasteiger partial charge is 0.504 e. The number of ketones is 1. The highest BCUT2D eigenvalue weighted by molar-refractivity contribution is 8.76. The standard InChI is InChI=1S/C41H56N4O6S2/c1-25(2)36-23-53-52-22-30(20-43-41(42)45-36)29-18-35-27-12-15-33(47)19-32(46)14-11-26-13-16-37(48)39(49-3)34(26)10-6-7-28(17-27)38(40(35)50-21-29)51-24-44-31-8-4-5-9-31/h13,16-17,25,29-31,33,36,44,47-48H,4-5,7-9,11-12,14-15,18-24H2,1-3H3,(H3,42,43,45)/t29-,30+,33+,36+/m0/s1. The van der Waals surface area contributed by atoms with E-state index in [4.69, 9.17) is 24.9 Å². The van der Waals surface area contributed by atoms with Crippen LogP contribution in [0.15, 0.2) is 23.2 Å². The molecule has 288 valence electrons. The van der Waals surface area contributed by atoms with Crippen LogP contribution in [0.2, 0.25) is 0 Å². The SMILES string of the molecule is COc1c(O)ccc2c1C#CCc1cc(c3c(c1OCNC1CCCC1)OC[C@@H]([C@@H]1CN=C(N)N[C@@H](C(C)C)CSSC1)C3)CC[C@@H](O)CC(=O)CC2. The molecule has 0 aromatic heterocycles. The molecule has 0 amide bonds. The van der Waals surface area contributed by atoms with Crippen LogP contribution in [0.5, 0.6) is 23.0 Å². The van der Waals surface area contributed by atoms with Crippen LogP contribution in [0, 0.1) is 29.6 Å². The van der Waals surface area contributed by atoms with Crippen molar-refractivity contribution < 1.29 is 29.2 Å². The summed E-state index contributed by atoms with van der Waals surface area (Å²) in [6.45, 7) is 5.91. The molecule has 12 heteroatoms. The Bertz CT molecular complexity index is 1680. The second-order valence-corrected chi connectivity index (χ2v) is 17.7. The highest BCUT2D eigenvalue weighted by atomic mass is 33.1. The van der Waals surface area contributed by atoms with Gasteiger partial charge < -0.3 is 35.5 Å². The number of aliphatic imine (C=N–C) groups is 1. The average Bonchev–Trinajstić information content (AvgIpc) is 3.66. The Balaban J connectivity index is 1.36. The zero-order valence-electron chi connectivity index (χ0n) is 31.4. The first kappa shape index (κ1) is 39.5. The molecule has 2 aromatic rings. The second kappa shape index (κ2) is 18.9. The fraction of sp³-hybridized carbons (Fsp3) is 0.610. The Hall–Kier alpha value is -3.24. The smallest absolute Gasteiger partial charge is 0.188 e. The van der Waals surface area contributed by atoms with E-state index in [1.54, 1.807) is 12.1 Å². The molecule has 1 saturated carbocycles. The van der Waals surface area contributed by atoms with Crippen molar-refractivity contribution in [1.29, 1.82) is 0 Å². The first-order chi connectivity index (χ1) is 25.7. The maximum absolute atomic E-state index is 13.1. The molecule has 2 heterocycles. The van der Waals surface area contributed by atoms with E-state index in [1.165, 1.54) is 20.0 Å². The summed E-state index contributed by atoms with van der Waals surface area (Å²) in [6.07, 6.45) is 6.98. The van der Waals surface area contributed by atoms with Crippen molar-refractivity contribution in [1.82, 2.24) is 10.6 Å². The van der Waals surface area contributed by atoms with Gasteiger partial charge in [0.1, 0.15) is 12.5 Å². The summed E-state index contributed by atoms with van der Waals surface area (Å²) in [5.41, 5.74) is 10.9. The molecular weight excluding hydrogens is 709 g/mol. The maximum Gasteiger partial charge on any atom is 0.188 e. The van der Waals surface area contributed by atoms with Crippen LogP contribution in [-0.2, 0) is 30.5 Å². The van der Waals surface area contributed by atoms with Crippen LogP contribution in [0.25, 0.3) is 0 Å². The van der Waals surface area contributed by atoms with Crippen molar-refractivity contribution in [2.24, 2.45) is 28.5 Å². The summed E-state index contributed by atoms with van der Waals surface area (Å²) in [6, 6.07) is 6.25. The van der Waals surface area contributed by atoms with E-state index in [9.17, 15) is 15.0 Å². The number of aliphatic hydroxyl groups excluding tert-OH is 1. The number of guanidine groups is 1. The summed E-state index contributed by atoms with van der Waals surface area (Å²) < 4.78 is 18.9. The molecule has 0 unspecified atom stereocenters. The zero-order chi connectivity index (χ0) is 37.3. The molecule has 0 saturated heterocycles. The van der Waals surface area contributed by atoms with E-state index in [1.807, 2.05) is 21.6 Å². The number of carbonyl (C=O) groups excluding carboxylic acids is 1. The van der Waals surface area contributed by atoms with Gasteiger partial charge in [0.15, 0.2) is 29.0 Å². The molecule has 10 nitrogen and oxygen atoms in total. The number of hydrogen-bond donors (Lipinski definition) is 5. The molecule has 2 aliphatic carbocycles. The fourth-order valence-electron chi connectivity index (χ4n) is 7.76. The number of aromatic hydroxyl groups is 1. The molecule has 0 radical (unpaired) electrons. The van der Waals surface area contributed by atoms with Crippen LogP contribution in [0.1, 0.15) is 86.6 Å². The van der Waals surface area contributed by atoms with Crippen molar-refractivity contribution in [3.05, 3.63) is 46.0 Å². The minimum Gasteiger partial charge on any atom is -0.504 e. The van der Waals surface area contributed by atoms with Crippen LogP contribution >= 0.6 is 21.6 Å². The van der Waals surface area contributed by atoms with Gasteiger partial charge in [-0.25, -0.2) is 0 Å². The molecule has 2 bridgehead atoms. The van der Waals surface area contributed by atoms with Crippen molar-refractivity contribution in [2.45, 2.75) is 103 Å². The normalized spacial score (nSPS) is 24.5. The monoisotopic (exact) mass is 764 g/mol. The topological polar surface area (TPSA) is 148 Å². The molecule has 53 heavy (non-hydrogen) atoms. The van der Waals surface area contributed by atoms with E-state index < -0.39 is 6.10 Å². The van der Waals surface area contributed by atoms with E-state index in [0.717, 1.165) is 58.8 Å². The highest BCUT2D eigenvalue weighted by Gasteiger charge is 2.33. The number of aliphatic hydroxyl groups is 1. The number of methoxy groups -OCH3 is 1. The zero-order valence-corrected chi connectivity index (χ0v) is 33.0. The Morgan fingerprint density at radius 1 is 1.06 bits per heavy atom. The lowest BCUT2D eigenvalue weighted by atomic mass is 9.82. The Kier molecular flexibility index (Phi) is 14.1. The number of nitrogens with two attached hydrogens (primary N) is 1. The molecule has 6 rings (SSSR count). The predicted molar refractivity (Wildman–Crippen MR) is 214 cm³/mol. The highest BCUT2D eigenvalue weighted by Crippen LogP contribution is 2.45. The van der Waals surface area contributed by atoms with Crippen molar-refractivity contribution >= 4 is 33.3 Å². The summed E-state index contributed by atoms with van der Waals surface area (Å²) in [4.78, 5) is 17.9. The molecule has 4 atom stereocenters. The lowest BCUT2D eigenvalue weighted by molar-refractivity contribution is -0.121. The van der Waals surface area contributed by atoms with E-state index >= 15 is 0 Å². The maximum atomic E-state index is 13.1. The number of aryl methyl sites for hydroxylation is 2. The number of carbonyl (C=O) groups is 1. The lowest BCUT2D eigenvalue weighted by Gasteiger charge is -2.34. The van der Waals surface area contributed by atoms with Gasteiger partial charge in [-0.1, -0.05) is 72.3 Å². The number of hydrogen-bond acceptors (Lipinski definition) is 12. The number of rotatable bonds is 7. The number of ether oxygens (including phenoxy) is 3. The second-order valence-electron chi connectivity index (χ2n) is 15.2.